The van der Waals surface area contributed by atoms with Gasteiger partial charge in [0.2, 0.25) is 18.6 Å². The number of carbonyl (C=O) groups excluding carboxylic acids is 4. The van der Waals surface area contributed by atoms with E-state index in [0.29, 0.717) is 25.4 Å². The Bertz CT molecular complexity index is 995. The van der Waals surface area contributed by atoms with Gasteiger partial charge in [0.05, 0.1) is 11.3 Å². The Kier molecular flexibility index (Phi) is 14.4. The molecule has 2 fully saturated rings. The first-order valence-corrected chi connectivity index (χ1v) is 13.1. The van der Waals surface area contributed by atoms with Gasteiger partial charge in [-0.3, -0.25) is 19.2 Å². The Morgan fingerprint density at radius 3 is 2.27 bits per heavy atom. The van der Waals surface area contributed by atoms with E-state index in [1.54, 1.807) is 31.7 Å². The number of likely N-dealkylation sites (tertiary alicyclic amines) is 1. The van der Waals surface area contributed by atoms with Gasteiger partial charge in [0.25, 0.3) is 0 Å². The van der Waals surface area contributed by atoms with Crippen LogP contribution in [-0.2, 0) is 33.4 Å². The molecule has 14 heteroatoms. The number of halogens is 3. The average molecular weight is 590 g/mol. The van der Waals surface area contributed by atoms with Crippen molar-refractivity contribution in [2.24, 2.45) is 23.2 Å². The number of nitrogens with zero attached hydrogens (tertiary/aromatic N) is 1. The molecule has 2 heterocycles. The van der Waals surface area contributed by atoms with Crippen molar-refractivity contribution in [1.29, 1.82) is 0 Å². The number of nitrogens with one attached hydrogen (secondary N) is 2. The van der Waals surface area contributed by atoms with E-state index in [9.17, 15) is 32.3 Å². The predicted octanol–water partition coefficient (Wildman–Crippen LogP) is 1.87. The molecule has 0 unspecified atom stereocenters. The van der Waals surface area contributed by atoms with Crippen molar-refractivity contribution in [3.05, 3.63) is 12.2 Å². The molecule has 2 saturated heterocycles. The molecule has 11 nitrogen and oxygen atoms in total. The summed E-state index contributed by atoms with van der Waals surface area (Å²) in [7, 11) is 0. The highest BCUT2D eigenvalue weighted by Gasteiger charge is 2.38. The number of piperidine rings is 2. The highest BCUT2D eigenvalue weighted by Crippen LogP contribution is 2.19. The van der Waals surface area contributed by atoms with Crippen molar-refractivity contribution in [2.45, 2.75) is 52.6 Å². The Balaban J connectivity index is 0.00000106. The first kappa shape index (κ1) is 35.4. The van der Waals surface area contributed by atoms with Crippen LogP contribution in [0.3, 0.4) is 0 Å². The molecule has 2 amide bonds. The summed E-state index contributed by atoms with van der Waals surface area (Å²) in [5.74, 6) is -3.03. The van der Waals surface area contributed by atoms with Crippen LogP contribution in [0.2, 0.25) is 0 Å². The molecule has 0 radical (unpaired) electrons. The number of terminal acetylenes is 1. The van der Waals surface area contributed by atoms with Crippen molar-refractivity contribution in [3.63, 3.8) is 0 Å². The van der Waals surface area contributed by atoms with Crippen LogP contribution in [0.25, 0.3) is 0 Å². The third kappa shape index (κ3) is 13.5. The Hall–Kier alpha value is -3.60. The van der Waals surface area contributed by atoms with Gasteiger partial charge in [-0.05, 0) is 71.5 Å². The lowest BCUT2D eigenvalue weighted by Gasteiger charge is -2.31. The third-order valence-corrected chi connectivity index (χ3v) is 6.21. The first-order valence-electron chi connectivity index (χ1n) is 13.1. The maximum absolute atomic E-state index is 12.7. The van der Waals surface area contributed by atoms with E-state index in [1.807, 2.05) is 6.08 Å². The van der Waals surface area contributed by atoms with Gasteiger partial charge in [-0.1, -0.05) is 12.0 Å². The van der Waals surface area contributed by atoms with Crippen LogP contribution in [0.15, 0.2) is 12.2 Å². The number of hydrogen-bond acceptors (Lipinski definition) is 8. The van der Waals surface area contributed by atoms with Gasteiger partial charge < -0.3 is 30.1 Å². The van der Waals surface area contributed by atoms with Gasteiger partial charge in [0, 0.05) is 19.6 Å². The Morgan fingerprint density at radius 2 is 1.73 bits per heavy atom. The maximum atomic E-state index is 12.7. The zero-order valence-corrected chi connectivity index (χ0v) is 23.4. The van der Waals surface area contributed by atoms with Gasteiger partial charge in [0.15, 0.2) is 0 Å². The van der Waals surface area contributed by atoms with Crippen LogP contribution >= 0.6 is 0 Å². The normalized spacial score (nSPS) is 18.8. The summed E-state index contributed by atoms with van der Waals surface area (Å²) >= 11 is 0. The van der Waals surface area contributed by atoms with E-state index < -0.39 is 42.2 Å². The second-order valence-corrected chi connectivity index (χ2v) is 10.6. The number of hydrogen-bond donors (Lipinski definition) is 3. The summed E-state index contributed by atoms with van der Waals surface area (Å²) in [5.41, 5.74) is -0.718. The molecule has 0 aromatic heterocycles. The summed E-state index contributed by atoms with van der Waals surface area (Å²) < 4.78 is 41.6. The van der Waals surface area contributed by atoms with Gasteiger partial charge in [-0.25, -0.2) is 4.79 Å². The minimum atomic E-state index is -5.08. The zero-order valence-electron chi connectivity index (χ0n) is 23.4. The van der Waals surface area contributed by atoms with Crippen LogP contribution in [0.5, 0.6) is 0 Å². The average Bonchev–Trinajstić information content (AvgIpc) is 2.91. The van der Waals surface area contributed by atoms with Gasteiger partial charge >= 0.3 is 24.1 Å². The van der Waals surface area contributed by atoms with Gasteiger partial charge in [0.1, 0.15) is 5.92 Å². The number of aliphatic carboxylic acids is 1. The standard InChI is InChI=1S/C25H37N3O6.C2HF3O2/c1-5-19(23(31)33-17-34-24(32)25(2,3)4)15-27-22(30)20-7-6-14-28(16-20)21(29)9-8-18-10-12-26-13-11-18;3-2(4,5)1(6)7/h1,8-9,18-20,26H,6-7,10-17H2,2-4H3,(H,27,30);(H,6,7)/b9-8+;/t19-,20+;/m0./s1. The molecule has 2 aliphatic rings. The molecular weight excluding hydrogens is 551 g/mol. The first-order chi connectivity index (χ1) is 19.1. The number of carbonyl (C=O) groups is 5. The van der Waals surface area contributed by atoms with Crippen LogP contribution < -0.4 is 10.6 Å². The molecule has 0 saturated carbocycles. The number of allylic oxidation sites excluding steroid dienone is 1. The van der Waals surface area contributed by atoms with E-state index in [1.165, 1.54) is 0 Å². The fourth-order valence-electron chi connectivity index (χ4n) is 3.77. The lowest BCUT2D eigenvalue weighted by Crippen LogP contribution is -2.46. The molecule has 0 spiro atoms. The van der Waals surface area contributed by atoms with Crippen LogP contribution in [0.4, 0.5) is 13.2 Å². The molecule has 0 aromatic carbocycles. The van der Waals surface area contributed by atoms with Crippen LogP contribution in [-0.4, -0.2) is 85.4 Å². The Morgan fingerprint density at radius 1 is 1.12 bits per heavy atom. The molecule has 2 atom stereocenters. The summed E-state index contributed by atoms with van der Waals surface area (Å²) in [4.78, 5) is 59.7. The minimum absolute atomic E-state index is 0.0779. The predicted molar refractivity (Wildman–Crippen MR) is 140 cm³/mol. The van der Waals surface area contributed by atoms with Crippen molar-refractivity contribution in [3.8, 4) is 12.3 Å². The minimum Gasteiger partial charge on any atom is -0.475 e. The number of amides is 2. The Labute approximate surface area is 237 Å². The fourth-order valence-corrected chi connectivity index (χ4v) is 3.77. The number of carboxylic acid groups (broad SMARTS) is 1. The molecule has 0 aromatic rings. The topological polar surface area (TPSA) is 151 Å². The van der Waals surface area contributed by atoms with E-state index in [0.717, 1.165) is 32.4 Å². The van der Waals surface area contributed by atoms with E-state index in [4.69, 9.17) is 25.8 Å². The number of esters is 2. The summed E-state index contributed by atoms with van der Waals surface area (Å²) in [6.07, 6.45) is 7.37. The molecule has 2 aliphatic heterocycles. The molecule has 0 bridgehead atoms. The smallest absolute Gasteiger partial charge is 0.475 e. The maximum Gasteiger partial charge on any atom is 0.490 e. The molecular formula is C27H38F3N3O8. The number of ether oxygens (including phenoxy) is 2. The van der Waals surface area contributed by atoms with Crippen molar-refractivity contribution in [2.75, 3.05) is 39.5 Å². The second-order valence-electron chi connectivity index (χ2n) is 10.6. The monoisotopic (exact) mass is 589 g/mol. The lowest BCUT2D eigenvalue weighted by molar-refractivity contribution is -0.192. The summed E-state index contributed by atoms with van der Waals surface area (Å²) in [6.45, 7) is 7.28. The zero-order chi connectivity index (χ0) is 31.2. The van der Waals surface area contributed by atoms with Crippen LogP contribution in [0.1, 0.15) is 46.5 Å². The second kappa shape index (κ2) is 16.6. The van der Waals surface area contributed by atoms with Crippen molar-refractivity contribution < 1.29 is 51.7 Å². The van der Waals surface area contributed by atoms with E-state index in [-0.39, 0.29) is 24.3 Å². The number of alkyl halides is 3. The molecule has 2 rings (SSSR count). The van der Waals surface area contributed by atoms with Crippen molar-refractivity contribution in [1.82, 2.24) is 15.5 Å². The quantitative estimate of drug-likeness (QED) is 0.167. The molecule has 230 valence electrons. The highest BCUT2D eigenvalue weighted by atomic mass is 19.4. The van der Waals surface area contributed by atoms with Crippen molar-refractivity contribution >= 4 is 29.7 Å². The van der Waals surface area contributed by atoms with Gasteiger partial charge in [-0.2, -0.15) is 13.2 Å². The molecule has 41 heavy (non-hydrogen) atoms. The van der Waals surface area contributed by atoms with Gasteiger partial charge in [-0.15, -0.1) is 6.42 Å². The number of carboxylic acids is 1. The summed E-state index contributed by atoms with van der Waals surface area (Å²) in [5, 5.41) is 13.1. The highest BCUT2D eigenvalue weighted by molar-refractivity contribution is 5.88. The SMILES string of the molecule is C#C[C@@H](CNC(=O)[C@@H]1CCCN(C(=O)/C=C/C2CCNCC2)C1)C(=O)OCOC(=O)C(C)(C)C.O=C(O)C(F)(F)F. The van der Waals surface area contributed by atoms with E-state index >= 15 is 0 Å². The summed E-state index contributed by atoms with van der Waals surface area (Å²) in [6, 6.07) is 0. The van der Waals surface area contributed by atoms with Crippen LogP contribution in [0, 0.1) is 35.5 Å². The van der Waals surface area contributed by atoms with E-state index in [2.05, 4.69) is 16.6 Å². The largest absolute Gasteiger partial charge is 0.490 e. The molecule has 3 N–H and O–H groups in total. The molecule has 0 aliphatic carbocycles. The number of rotatable bonds is 8. The lowest BCUT2D eigenvalue weighted by atomic mass is 9.96. The third-order valence-electron chi connectivity index (χ3n) is 6.21. The fraction of sp³-hybridized carbons (Fsp3) is 0.667.